The highest BCUT2D eigenvalue weighted by Crippen LogP contribution is 2.37. The van der Waals surface area contributed by atoms with Gasteiger partial charge in [-0.15, -0.1) is 0 Å². The van der Waals surface area contributed by atoms with Crippen LogP contribution in [0.5, 0.6) is 0 Å². The van der Waals surface area contributed by atoms with Gasteiger partial charge in [0.2, 0.25) is 11.9 Å². The lowest BCUT2D eigenvalue weighted by atomic mass is 10.0. The monoisotopic (exact) mass is 365 g/mol. The average molecular weight is 365 g/mol. The molecule has 0 aromatic carbocycles. The number of nitrogens with one attached hydrogen (secondary N) is 2. The van der Waals surface area contributed by atoms with E-state index in [9.17, 15) is 13.6 Å². The number of hydrogen-bond donors (Lipinski definition) is 2. The molecule has 0 saturated heterocycles. The van der Waals surface area contributed by atoms with Crippen molar-refractivity contribution in [3.63, 3.8) is 0 Å². The van der Waals surface area contributed by atoms with E-state index in [4.69, 9.17) is 0 Å². The Labute approximate surface area is 152 Å². The predicted octanol–water partition coefficient (Wildman–Crippen LogP) is 3.92. The summed E-state index contributed by atoms with van der Waals surface area (Å²) in [5.41, 5.74) is 3.61. The van der Waals surface area contributed by atoms with Gasteiger partial charge in [0.1, 0.15) is 5.82 Å². The Hall–Kier alpha value is -3.68. The molecule has 0 aliphatic heterocycles. The van der Waals surface area contributed by atoms with E-state index >= 15 is 0 Å². The summed E-state index contributed by atoms with van der Waals surface area (Å²) in [4.78, 5) is 26.5. The topological polar surface area (TPSA) is 83.6 Å². The molecule has 4 aromatic heterocycles. The van der Waals surface area contributed by atoms with Gasteiger partial charge in [-0.2, -0.15) is 4.39 Å². The summed E-state index contributed by atoms with van der Waals surface area (Å²) in [5.74, 6) is -2.08. The summed E-state index contributed by atoms with van der Waals surface area (Å²) in [5, 5.41) is 2.62. The molecule has 6 nitrogen and oxygen atoms in total. The van der Waals surface area contributed by atoms with Crippen molar-refractivity contribution in [2.45, 2.75) is 6.92 Å². The van der Waals surface area contributed by atoms with Gasteiger partial charge in [0, 0.05) is 42.2 Å². The minimum absolute atomic E-state index is 0.247. The highest BCUT2D eigenvalue weighted by molar-refractivity contribution is 6.01. The number of aromatic nitrogens is 4. The Morgan fingerprint density at radius 3 is 2.70 bits per heavy atom. The first-order valence-corrected chi connectivity index (χ1v) is 8.05. The summed E-state index contributed by atoms with van der Waals surface area (Å²) in [6.07, 6.45) is 4.42. The van der Waals surface area contributed by atoms with Crippen molar-refractivity contribution in [1.29, 1.82) is 0 Å². The van der Waals surface area contributed by atoms with Crippen LogP contribution in [0.2, 0.25) is 0 Å². The predicted molar refractivity (Wildman–Crippen MR) is 96.8 cm³/mol. The standard InChI is InChI=1S/C19H13F2N5O/c1-10(27)25-15-8-11(4-6-22-15)17-16(12-7-13(20)19(21)24-9-12)18-14(26-17)3-2-5-23-18/h2-9,26H,1H3,(H,22,25,27). The number of carbonyl (C=O) groups is 1. The molecule has 134 valence electrons. The fraction of sp³-hybridized carbons (Fsp3) is 0.0526. The average Bonchev–Trinajstić information content (AvgIpc) is 3.03. The van der Waals surface area contributed by atoms with Gasteiger partial charge < -0.3 is 10.3 Å². The minimum Gasteiger partial charge on any atom is -0.353 e. The largest absolute Gasteiger partial charge is 0.353 e. The lowest BCUT2D eigenvalue weighted by Gasteiger charge is -2.07. The molecule has 2 N–H and O–H groups in total. The number of pyridine rings is 3. The third-order valence-electron chi connectivity index (χ3n) is 3.99. The highest BCUT2D eigenvalue weighted by Gasteiger charge is 2.18. The van der Waals surface area contributed by atoms with E-state index in [1.54, 1.807) is 30.6 Å². The van der Waals surface area contributed by atoms with Crippen LogP contribution in [0.15, 0.2) is 48.9 Å². The van der Waals surface area contributed by atoms with E-state index in [1.165, 1.54) is 13.1 Å². The molecule has 0 aliphatic carbocycles. The Balaban J connectivity index is 1.96. The van der Waals surface area contributed by atoms with E-state index < -0.39 is 11.8 Å². The number of amides is 1. The van der Waals surface area contributed by atoms with Gasteiger partial charge in [0.15, 0.2) is 5.82 Å². The maximum absolute atomic E-state index is 13.8. The Kier molecular flexibility index (Phi) is 4.08. The summed E-state index contributed by atoms with van der Waals surface area (Å²) in [6.45, 7) is 1.39. The van der Waals surface area contributed by atoms with Crippen LogP contribution in [-0.2, 0) is 4.79 Å². The maximum Gasteiger partial charge on any atom is 0.248 e. The van der Waals surface area contributed by atoms with Crippen molar-refractivity contribution in [2.75, 3.05) is 5.32 Å². The number of H-pyrrole nitrogens is 1. The van der Waals surface area contributed by atoms with Crippen LogP contribution in [0.3, 0.4) is 0 Å². The zero-order valence-corrected chi connectivity index (χ0v) is 14.1. The Morgan fingerprint density at radius 2 is 1.93 bits per heavy atom. The first kappa shape index (κ1) is 16.8. The minimum atomic E-state index is -1.16. The van der Waals surface area contributed by atoms with Crippen molar-refractivity contribution in [3.05, 3.63) is 60.7 Å². The van der Waals surface area contributed by atoms with Gasteiger partial charge in [0.25, 0.3) is 0 Å². The van der Waals surface area contributed by atoms with E-state index in [0.29, 0.717) is 33.7 Å². The Morgan fingerprint density at radius 1 is 1.07 bits per heavy atom. The Bertz CT molecular complexity index is 1170. The lowest BCUT2D eigenvalue weighted by molar-refractivity contribution is -0.114. The van der Waals surface area contributed by atoms with E-state index in [0.717, 1.165) is 11.6 Å². The second-order valence-corrected chi connectivity index (χ2v) is 5.88. The third-order valence-corrected chi connectivity index (χ3v) is 3.99. The summed E-state index contributed by atoms with van der Waals surface area (Å²) in [7, 11) is 0. The smallest absolute Gasteiger partial charge is 0.248 e. The molecule has 0 fully saturated rings. The normalized spacial score (nSPS) is 10.9. The van der Waals surface area contributed by atoms with Crippen LogP contribution in [0.25, 0.3) is 33.4 Å². The van der Waals surface area contributed by atoms with E-state index in [1.807, 2.05) is 6.07 Å². The van der Waals surface area contributed by atoms with Crippen LogP contribution >= 0.6 is 0 Å². The molecule has 4 aromatic rings. The summed E-state index contributed by atoms with van der Waals surface area (Å²) < 4.78 is 27.1. The third kappa shape index (κ3) is 3.12. The molecule has 4 heterocycles. The molecule has 0 saturated carbocycles. The molecule has 0 bridgehead atoms. The fourth-order valence-electron chi connectivity index (χ4n) is 2.91. The molecular formula is C19H13F2N5O. The molecular weight excluding hydrogens is 352 g/mol. The first-order chi connectivity index (χ1) is 13.0. The van der Waals surface area contributed by atoms with Crippen molar-refractivity contribution < 1.29 is 13.6 Å². The van der Waals surface area contributed by atoms with E-state index in [-0.39, 0.29) is 5.91 Å². The number of hydrogen-bond acceptors (Lipinski definition) is 4. The number of fused-ring (bicyclic) bond motifs is 1. The zero-order valence-electron chi connectivity index (χ0n) is 14.1. The van der Waals surface area contributed by atoms with Crippen LogP contribution in [0, 0.1) is 11.8 Å². The van der Waals surface area contributed by atoms with Crippen molar-refractivity contribution in [2.24, 2.45) is 0 Å². The SMILES string of the molecule is CC(=O)Nc1cc(-c2[nH]c3cccnc3c2-c2cnc(F)c(F)c2)ccn1. The summed E-state index contributed by atoms with van der Waals surface area (Å²) in [6, 6.07) is 8.11. The fourth-order valence-corrected chi connectivity index (χ4v) is 2.91. The molecule has 0 aliphatic rings. The van der Waals surface area contributed by atoms with Crippen molar-refractivity contribution in [1.82, 2.24) is 19.9 Å². The second kappa shape index (κ2) is 6.56. The number of rotatable bonds is 3. The molecule has 0 unspecified atom stereocenters. The van der Waals surface area contributed by atoms with E-state index in [2.05, 4.69) is 25.3 Å². The van der Waals surface area contributed by atoms with Gasteiger partial charge in [-0.1, -0.05) is 0 Å². The number of carbonyl (C=O) groups excluding carboxylic acids is 1. The quantitative estimate of drug-likeness (QED) is 0.539. The molecule has 27 heavy (non-hydrogen) atoms. The van der Waals surface area contributed by atoms with Crippen LogP contribution in [0.1, 0.15) is 6.92 Å². The van der Waals surface area contributed by atoms with Gasteiger partial charge in [-0.05, 0) is 30.3 Å². The molecule has 0 atom stereocenters. The number of nitrogens with zero attached hydrogens (tertiary/aromatic N) is 3. The highest BCUT2D eigenvalue weighted by atomic mass is 19.2. The van der Waals surface area contributed by atoms with Gasteiger partial charge in [-0.3, -0.25) is 9.78 Å². The molecule has 0 spiro atoms. The number of aromatic amines is 1. The van der Waals surface area contributed by atoms with Crippen LogP contribution in [-0.4, -0.2) is 25.8 Å². The maximum atomic E-state index is 13.8. The van der Waals surface area contributed by atoms with Crippen molar-refractivity contribution >= 4 is 22.8 Å². The first-order valence-electron chi connectivity index (χ1n) is 8.05. The molecule has 0 radical (unpaired) electrons. The van der Waals surface area contributed by atoms with Crippen molar-refractivity contribution in [3.8, 4) is 22.4 Å². The molecule has 8 heteroatoms. The zero-order chi connectivity index (χ0) is 19.0. The number of halogens is 2. The van der Waals surface area contributed by atoms with Gasteiger partial charge >= 0.3 is 0 Å². The molecule has 4 rings (SSSR count). The molecule has 1 amide bonds. The van der Waals surface area contributed by atoms with Gasteiger partial charge in [-0.25, -0.2) is 14.4 Å². The second-order valence-electron chi connectivity index (χ2n) is 5.88. The van der Waals surface area contributed by atoms with Crippen LogP contribution in [0.4, 0.5) is 14.6 Å². The number of anilines is 1. The summed E-state index contributed by atoms with van der Waals surface area (Å²) >= 11 is 0. The van der Waals surface area contributed by atoms with Gasteiger partial charge in [0.05, 0.1) is 16.7 Å². The lowest BCUT2D eigenvalue weighted by Crippen LogP contribution is -2.07. The van der Waals surface area contributed by atoms with Crippen LogP contribution < -0.4 is 5.32 Å².